The van der Waals surface area contributed by atoms with Crippen LogP contribution < -0.4 is 42.5 Å². The lowest BCUT2D eigenvalue weighted by Crippen LogP contribution is -2.56. The molecule has 3 aromatic rings. The van der Waals surface area contributed by atoms with Gasteiger partial charge in [0, 0.05) is 5.34 Å². The quantitative estimate of drug-likeness (QED) is 0.327. The normalized spacial score (nSPS) is 14.0. The summed E-state index contributed by atoms with van der Waals surface area (Å²) in [6.07, 6.45) is -4.77. The maximum Gasteiger partial charge on any atom is 0.573 e. The van der Waals surface area contributed by atoms with Crippen molar-refractivity contribution in [2.45, 2.75) is 11.7 Å². The Morgan fingerprint density at radius 2 is 1.42 bits per heavy atom. The molecule has 0 N–H and O–H groups in total. The summed E-state index contributed by atoms with van der Waals surface area (Å²) in [4.78, 5) is 25.4. The molecule has 0 unspecified atom stereocenters. The number of hydrogen-bond donors (Lipinski definition) is 0. The summed E-state index contributed by atoms with van der Waals surface area (Å²) >= 11 is 0. The average molecular weight is 510 g/mol. The second kappa shape index (κ2) is 9.89. The Bertz CT molecular complexity index is 1420. The fourth-order valence-corrected chi connectivity index (χ4v) is 4.99. The van der Waals surface area contributed by atoms with Crippen LogP contribution in [0.3, 0.4) is 0 Å². The van der Waals surface area contributed by atoms with Gasteiger partial charge in [-0.2, -0.15) is 0 Å². The molecule has 0 atom stereocenters. The topological polar surface area (TPSA) is 64.6 Å². The maximum atomic E-state index is 14.2. The molecule has 0 spiro atoms. The van der Waals surface area contributed by atoms with Crippen LogP contribution in [0.15, 0.2) is 24.3 Å². The van der Waals surface area contributed by atoms with Gasteiger partial charge in [-0.05, 0) is 34.4 Å². The van der Waals surface area contributed by atoms with Crippen LogP contribution in [0, 0.1) is 0 Å². The van der Waals surface area contributed by atoms with Gasteiger partial charge in [0.15, 0.2) is 15.7 Å². The number of amides is 1. The van der Waals surface area contributed by atoms with Crippen molar-refractivity contribution in [2.75, 3.05) is 13.2 Å². The van der Waals surface area contributed by atoms with Crippen LogP contribution in [-0.4, -0.2) is 103 Å². The predicted molar refractivity (Wildman–Crippen MR) is 165 cm³/mol. The molecule has 2 aromatic carbocycles. The van der Waals surface area contributed by atoms with Crippen molar-refractivity contribution in [3.8, 4) is 22.6 Å². The zero-order valence-electron chi connectivity index (χ0n) is 22.9. The molecule has 1 aromatic heterocycles. The van der Waals surface area contributed by atoms with E-state index in [4.69, 9.17) is 14.7 Å². The molecule has 2 heterocycles. The first-order valence-corrected chi connectivity index (χ1v) is 12.4. The highest BCUT2D eigenvalue weighted by atomic mass is 19.4. The van der Waals surface area contributed by atoms with E-state index in [2.05, 4.69) is 4.74 Å². The van der Waals surface area contributed by atoms with Crippen LogP contribution >= 0.6 is 0 Å². The Morgan fingerprint density at radius 3 is 1.97 bits per heavy atom. The van der Waals surface area contributed by atoms with Gasteiger partial charge < -0.3 is 14.4 Å². The minimum absolute atomic E-state index is 0.208. The van der Waals surface area contributed by atoms with Gasteiger partial charge >= 0.3 is 6.36 Å². The summed E-state index contributed by atoms with van der Waals surface area (Å²) in [5, 5.41) is -0.826. The van der Waals surface area contributed by atoms with Crippen molar-refractivity contribution in [2.24, 2.45) is 0 Å². The fraction of sp³-hybridized carbons (Fsp3) is 0.190. The highest BCUT2D eigenvalue weighted by Crippen LogP contribution is 2.30. The Kier molecular flexibility index (Phi) is 7.27. The summed E-state index contributed by atoms with van der Waals surface area (Å²) in [6.45, 7) is 0.640. The monoisotopic (exact) mass is 511 g/mol. The third kappa shape index (κ3) is 4.99. The zero-order chi connectivity index (χ0) is 28.2. The largest absolute Gasteiger partial charge is 0.573 e. The van der Waals surface area contributed by atoms with Gasteiger partial charge in [0.1, 0.15) is 71.0 Å². The number of rotatable bonds is 4. The van der Waals surface area contributed by atoms with E-state index >= 15 is 0 Å². The number of alkyl halides is 3. The van der Waals surface area contributed by atoms with Crippen LogP contribution in [0.5, 0.6) is 11.5 Å². The first-order valence-electron chi connectivity index (χ1n) is 12.4. The lowest BCUT2D eigenvalue weighted by Gasteiger charge is -2.38. The van der Waals surface area contributed by atoms with E-state index in [1.165, 1.54) is 12.1 Å². The molecule has 0 bridgehead atoms. The van der Waals surface area contributed by atoms with Crippen LogP contribution in [0.1, 0.15) is 16.2 Å². The van der Waals surface area contributed by atoms with Gasteiger partial charge in [0.05, 0.1) is 12.1 Å². The van der Waals surface area contributed by atoms with Gasteiger partial charge in [-0.25, -0.2) is 9.97 Å². The number of fused-ring (bicyclic) bond motifs is 1. The van der Waals surface area contributed by atoms with E-state index in [1.54, 1.807) is 17.0 Å². The van der Waals surface area contributed by atoms with Crippen LogP contribution in [-0.2, 0) is 5.34 Å². The molecule has 17 heteroatoms. The van der Waals surface area contributed by atoms with E-state index in [9.17, 15) is 18.0 Å². The molecule has 0 aliphatic carbocycles. The number of ether oxygens (including phenoxy) is 2. The number of carbonyl (C=O) groups is 1. The molecule has 1 amide bonds. The highest BCUT2D eigenvalue weighted by Gasteiger charge is 2.39. The number of halogens is 3. The van der Waals surface area contributed by atoms with Gasteiger partial charge in [-0.1, -0.05) is 34.0 Å². The molecule has 1 aliphatic rings. The number of carbonyl (C=O) groups excluding carboxylic acids is 1. The van der Waals surface area contributed by atoms with Gasteiger partial charge in [-0.3, -0.25) is 4.79 Å². The summed E-state index contributed by atoms with van der Waals surface area (Å²) < 4.78 is 48.1. The van der Waals surface area contributed by atoms with Crippen molar-refractivity contribution >= 4 is 102 Å². The average Bonchev–Trinajstić information content (AvgIpc) is 3.00. The van der Waals surface area contributed by atoms with Crippen molar-refractivity contribution in [1.82, 2.24) is 14.9 Å². The second-order valence-corrected chi connectivity index (χ2v) is 10.2. The maximum absolute atomic E-state index is 14.2. The lowest BCUT2D eigenvalue weighted by atomic mass is 9.59. The summed E-state index contributed by atoms with van der Waals surface area (Å²) in [7, 11) is 15.3. The minimum atomic E-state index is -4.77. The van der Waals surface area contributed by atoms with E-state index in [-0.39, 0.29) is 11.7 Å². The van der Waals surface area contributed by atoms with Crippen molar-refractivity contribution in [1.29, 1.82) is 0 Å². The van der Waals surface area contributed by atoms with E-state index in [1.807, 2.05) is 62.8 Å². The third-order valence-electron chi connectivity index (χ3n) is 7.51. The van der Waals surface area contributed by atoms with Gasteiger partial charge in [0.25, 0.3) is 5.91 Å². The first kappa shape index (κ1) is 27.9. The lowest BCUT2D eigenvalue weighted by molar-refractivity contribution is -0.274. The smallest absolute Gasteiger partial charge is 0.492 e. The molecule has 6 nitrogen and oxygen atoms in total. The molecular weight excluding hydrogens is 486 g/mol. The van der Waals surface area contributed by atoms with Crippen molar-refractivity contribution in [3.05, 3.63) is 35.7 Å². The molecule has 1 aliphatic heterocycles. The van der Waals surface area contributed by atoms with Crippen LogP contribution in [0.2, 0.25) is 0 Å². The molecule has 38 heavy (non-hydrogen) atoms. The third-order valence-corrected chi connectivity index (χ3v) is 7.51. The Morgan fingerprint density at radius 1 is 0.842 bits per heavy atom. The molecule has 186 valence electrons. The van der Waals surface area contributed by atoms with Crippen LogP contribution in [0.4, 0.5) is 13.2 Å². The molecule has 0 fully saturated rings. The van der Waals surface area contributed by atoms with Crippen molar-refractivity contribution in [3.63, 3.8) is 0 Å². The van der Waals surface area contributed by atoms with Gasteiger partial charge in [0.2, 0.25) is 0 Å². The summed E-state index contributed by atoms with van der Waals surface area (Å²) in [5.41, 5.74) is 7.01. The highest BCUT2D eigenvalue weighted by molar-refractivity contribution is 6.57. The van der Waals surface area contributed by atoms with Gasteiger partial charge in [-0.15, -0.1) is 13.2 Å². The number of benzene rings is 2. The second-order valence-electron chi connectivity index (χ2n) is 10.2. The van der Waals surface area contributed by atoms with E-state index in [0.717, 1.165) is 33.1 Å². The SMILES string of the molecule is Bc1nc(C(B)(B)N2CCOc3c(B)c(B)c(-c4ccc(OC(F)(F)F)cc4)c(B)c3C2=O)nc(B)c1B. The summed E-state index contributed by atoms with van der Waals surface area (Å²) in [6, 6.07) is 5.68. The fourth-order valence-electron chi connectivity index (χ4n) is 4.99. The van der Waals surface area contributed by atoms with E-state index in [0.29, 0.717) is 41.3 Å². The Balaban J connectivity index is 1.82. The molecule has 0 saturated carbocycles. The number of hydrogen-bond acceptors (Lipinski definition) is 5. The van der Waals surface area contributed by atoms with Crippen molar-refractivity contribution < 1.29 is 27.4 Å². The molecular formula is C21H24B8F3N3O3. The first-order chi connectivity index (χ1) is 17.6. The predicted octanol–water partition coefficient (Wildman–Crippen LogP) is -8.50. The van der Waals surface area contributed by atoms with Crippen LogP contribution in [0.25, 0.3) is 11.1 Å². The zero-order valence-corrected chi connectivity index (χ0v) is 22.9. The molecule has 4 rings (SSSR count). The van der Waals surface area contributed by atoms with E-state index < -0.39 is 11.7 Å². The Labute approximate surface area is 227 Å². The number of aromatic nitrogens is 2. The Hall–Kier alpha value is -3.10. The molecule has 0 saturated heterocycles. The minimum Gasteiger partial charge on any atom is -0.492 e. The number of nitrogens with zero attached hydrogens (tertiary/aromatic N) is 3. The summed E-state index contributed by atoms with van der Waals surface area (Å²) in [5.74, 6) is 0.568. The standard InChI is InChI=1S/C21H24B8F3N3O3/c22-11-9(7-1-3-8(4-2-7)38-21(30,31)32)12(23)13(24)15-10(11)18(36)35(5-6-37-15)20(28,29)19-33-16(26)14(25)17(27)34-19/h1-4H,5-6,22-29H2. The molecule has 0 radical (unpaired) electrons.